The summed E-state index contributed by atoms with van der Waals surface area (Å²) in [6.07, 6.45) is 8.15. The molecule has 0 aliphatic heterocycles. The van der Waals surface area contributed by atoms with Gasteiger partial charge >= 0.3 is 0 Å². The predicted octanol–water partition coefficient (Wildman–Crippen LogP) is 2.11. The zero-order valence-electron chi connectivity index (χ0n) is 7.30. The molecule has 2 atom stereocenters. The van der Waals surface area contributed by atoms with E-state index in [2.05, 4.69) is 12.2 Å². The van der Waals surface area contributed by atoms with Crippen LogP contribution in [0.15, 0.2) is 12.2 Å². The Morgan fingerprint density at radius 3 is 2.45 bits per heavy atom. The van der Waals surface area contributed by atoms with Gasteiger partial charge in [0.05, 0.1) is 5.60 Å². The molecule has 2 bridgehead atoms. The first-order chi connectivity index (χ1) is 5.04. The summed E-state index contributed by atoms with van der Waals surface area (Å²) >= 11 is 0. The van der Waals surface area contributed by atoms with E-state index >= 15 is 0 Å². The minimum atomic E-state index is -0.519. The Balaban J connectivity index is 2.31. The van der Waals surface area contributed by atoms with Crippen LogP contribution < -0.4 is 0 Å². The lowest BCUT2D eigenvalue weighted by atomic mass is 9.73. The Morgan fingerprint density at radius 2 is 2.27 bits per heavy atom. The van der Waals surface area contributed by atoms with Gasteiger partial charge in [-0.3, -0.25) is 0 Å². The molecule has 1 heteroatoms. The molecule has 0 spiro atoms. The molecule has 2 unspecified atom stereocenters. The largest absolute Gasteiger partial charge is 0.390 e. The van der Waals surface area contributed by atoms with Crippen LogP contribution in [-0.2, 0) is 0 Å². The Labute approximate surface area is 68.1 Å². The standard InChI is InChI=1S/C10H16O/c1-9(2,11)10-5-3-8(7-10)4-6-10/h3,5,8,11H,4,6-7H2,1-2H3. The highest BCUT2D eigenvalue weighted by molar-refractivity contribution is 5.20. The van der Waals surface area contributed by atoms with Gasteiger partial charge in [-0.15, -0.1) is 0 Å². The highest BCUT2D eigenvalue weighted by Gasteiger charge is 2.49. The van der Waals surface area contributed by atoms with Gasteiger partial charge < -0.3 is 5.11 Å². The Morgan fingerprint density at radius 1 is 1.55 bits per heavy atom. The van der Waals surface area contributed by atoms with E-state index in [1.165, 1.54) is 19.3 Å². The van der Waals surface area contributed by atoms with Crippen LogP contribution in [0, 0.1) is 11.3 Å². The summed E-state index contributed by atoms with van der Waals surface area (Å²) in [7, 11) is 0. The van der Waals surface area contributed by atoms with Crippen molar-refractivity contribution in [3.05, 3.63) is 12.2 Å². The molecule has 1 N–H and O–H groups in total. The van der Waals surface area contributed by atoms with Gasteiger partial charge in [0.15, 0.2) is 0 Å². The second kappa shape index (κ2) is 1.89. The molecule has 0 saturated heterocycles. The number of fused-ring (bicyclic) bond motifs is 2. The van der Waals surface area contributed by atoms with Gasteiger partial charge in [-0.05, 0) is 39.0 Å². The Kier molecular flexibility index (Phi) is 1.26. The van der Waals surface area contributed by atoms with E-state index in [-0.39, 0.29) is 5.41 Å². The van der Waals surface area contributed by atoms with Crippen molar-refractivity contribution in [2.75, 3.05) is 0 Å². The van der Waals surface area contributed by atoms with Gasteiger partial charge in [0, 0.05) is 5.41 Å². The predicted molar refractivity (Wildman–Crippen MR) is 45.2 cm³/mol. The minimum Gasteiger partial charge on any atom is -0.390 e. The van der Waals surface area contributed by atoms with Crippen molar-refractivity contribution in [1.29, 1.82) is 0 Å². The fraction of sp³-hybridized carbons (Fsp3) is 0.800. The smallest absolute Gasteiger partial charge is 0.0682 e. The van der Waals surface area contributed by atoms with Crippen molar-refractivity contribution < 1.29 is 5.11 Å². The van der Waals surface area contributed by atoms with E-state index in [0.717, 1.165) is 5.92 Å². The molecule has 11 heavy (non-hydrogen) atoms. The lowest BCUT2D eigenvalue weighted by Gasteiger charge is -2.36. The second-order valence-electron chi connectivity index (χ2n) is 4.58. The average Bonchev–Trinajstić information content (AvgIpc) is 2.42. The SMILES string of the molecule is CC(C)(O)C12C=CC(CC1)C2. The van der Waals surface area contributed by atoms with Crippen molar-refractivity contribution in [2.24, 2.45) is 11.3 Å². The third-order valence-electron chi connectivity index (χ3n) is 3.49. The molecule has 2 rings (SSSR count). The summed E-state index contributed by atoms with van der Waals surface area (Å²) < 4.78 is 0. The Hall–Kier alpha value is -0.300. The molecular formula is C10H16O. The first-order valence-electron chi connectivity index (χ1n) is 4.45. The van der Waals surface area contributed by atoms with E-state index in [1.807, 2.05) is 13.8 Å². The van der Waals surface area contributed by atoms with Crippen LogP contribution in [0.5, 0.6) is 0 Å². The second-order valence-corrected chi connectivity index (χ2v) is 4.58. The zero-order chi connectivity index (χ0) is 8.11. The summed E-state index contributed by atoms with van der Waals surface area (Å²) in [5.41, 5.74) is -0.396. The average molecular weight is 152 g/mol. The van der Waals surface area contributed by atoms with E-state index in [0.29, 0.717) is 0 Å². The van der Waals surface area contributed by atoms with Crippen LogP contribution in [0.25, 0.3) is 0 Å². The topological polar surface area (TPSA) is 20.2 Å². The number of rotatable bonds is 1. The maximum absolute atomic E-state index is 9.94. The summed E-state index contributed by atoms with van der Waals surface area (Å²) in [4.78, 5) is 0. The van der Waals surface area contributed by atoms with Crippen LogP contribution in [-0.4, -0.2) is 10.7 Å². The van der Waals surface area contributed by atoms with Crippen molar-refractivity contribution >= 4 is 0 Å². The third kappa shape index (κ3) is 0.871. The highest BCUT2D eigenvalue weighted by atomic mass is 16.3. The normalized spacial score (nSPS) is 41.9. The fourth-order valence-electron chi connectivity index (χ4n) is 2.51. The van der Waals surface area contributed by atoms with Gasteiger partial charge in [0.2, 0.25) is 0 Å². The van der Waals surface area contributed by atoms with Crippen LogP contribution in [0.4, 0.5) is 0 Å². The molecule has 2 aliphatic rings. The zero-order valence-corrected chi connectivity index (χ0v) is 7.30. The number of aliphatic hydroxyl groups is 1. The molecule has 0 aromatic heterocycles. The van der Waals surface area contributed by atoms with Crippen LogP contribution >= 0.6 is 0 Å². The molecule has 0 amide bonds. The summed E-state index contributed by atoms with van der Waals surface area (Å²) in [5.74, 6) is 0.765. The van der Waals surface area contributed by atoms with Gasteiger partial charge in [-0.1, -0.05) is 12.2 Å². The maximum atomic E-state index is 9.94. The number of hydrogen-bond donors (Lipinski definition) is 1. The van der Waals surface area contributed by atoms with Crippen LogP contribution in [0.2, 0.25) is 0 Å². The Bertz CT molecular complexity index is 199. The summed E-state index contributed by atoms with van der Waals surface area (Å²) in [6, 6.07) is 0. The van der Waals surface area contributed by atoms with Gasteiger partial charge in [0.1, 0.15) is 0 Å². The van der Waals surface area contributed by atoms with Crippen molar-refractivity contribution in [3.63, 3.8) is 0 Å². The molecule has 1 saturated carbocycles. The molecule has 1 fully saturated rings. The molecule has 62 valence electrons. The highest BCUT2D eigenvalue weighted by Crippen LogP contribution is 2.54. The molecule has 2 aliphatic carbocycles. The fourth-order valence-corrected chi connectivity index (χ4v) is 2.51. The van der Waals surface area contributed by atoms with Gasteiger partial charge in [-0.2, -0.15) is 0 Å². The van der Waals surface area contributed by atoms with Crippen LogP contribution in [0.1, 0.15) is 33.1 Å². The summed E-state index contributed by atoms with van der Waals surface area (Å²) in [6.45, 7) is 3.87. The maximum Gasteiger partial charge on any atom is 0.0682 e. The van der Waals surface area contributed by atoms with Crippen molar-refractivity contribution in [1.82, 2.24) is 0 Å². The number of hydrogen-bond acceptors (Lipinski definition) is 1. The minimum absolute atomic E-state index is 0.123. The van der Waals surface area contributed by atoms with E-state index in [4.69, 9.17) is 0 Å². The molecule has 0 heterocycles. The number of allylic oxidation sites excluding steroid dienone is 1. The molecule has 0 radical (unpaired) electrons. The van der Waals surface area contributed by atoms with Crippen molar-refractivity contribution in [2.45, 2.75) is 38.7 Å². The summed E-state index contributed by atoms with van der Waals surface area (Å²) in [5, 5.41) is 9.94. The molecular weight excluding hydrogens is 136 g/mol. The van der Waals surface area contributed by atoms with Crippen molar-refractivity contribution in [3.8, 4) is 0 Å². The van der Waals surface area contributed by atoms with Gasteiger partial charge in [-0.25, -0.2) is 0 Å². The monoisotopic (exact) mass is 152 g/mol. The quantitative estimate of drug-likeness (QED) is 0.570. The van der Waals surface area contributed by atoms with E-state index in [9.17, 15) is 5.11 Å². The molecule has 0 aromatic rings. The van der Waals surface area contributed by atoms with E-state index < -0.39 is 5.60 Å². The van der Waals surface area contributed by atoms with E-state index in [1.54, 1.807) is 0 Å². The first kappa shape index (κ1) is 7.35. The van der Waals surface area contributed by atoms with Crippen LogP contribution in [0.3, 0.4) is 0 Å². The third-order valence-corrected chi connectivity index (χ3v) is 3.49. The van der Waals surface area contributed by atoms with Gasteiger partial charge in [0.25, 0.3) is 0 Å². The molecule has 1 nitrogen and oxygen atoms in total. The lowest BCUT2D eigenvalue weighted by Crippen LogP contribution is -2.39. The lowest BCUT2D eigenvalue weighted by molar-refractivity contribution is -0.0220. The molecule has 0 aromatic carbocycles. The first-order valence-corrected chi connectivity index (χ1v) is 4.45.